The molecule has 0 unspecified atom stereocenters. The van der Waals surface area contributed by atoms with Gasteiger partial charge in [0.1, 0.15) is 0 Å². The first-order valence-corrected chi connectivity index (χ1v) is 10.3. The minimum absolute atomic E-state index is 0.00285. The van der Waals surface area contributed by atoms with Gasteiger partial charge in [0.2, 0.25) is 0 Å². The van der Waals surface area contributed by atoms with Crippen molar-refractivity contribution in [3.63, 3.8) is 0 Å². The monoisotopic (exact) mass is 433 g/mol. The van der Waals surface area contributed by atoms with E-state index in [1.807, 2.05) is 45.0 Å². The molecule has 0 saturated heterocycles. The lowest BCUT2D eigenvalue weighted by Gasteiger charge is -2.15. The fraction of sp³-hybridized carbons (Fsp3) is 0.261. The van der Waals surface area contributed by atoms with Crippen LogP contribution in [0.3, 0.4) is 0 Å². The largest absolute Gasteiger partial charge is 0.337 e. The van der Waals surface area contributed by atoms with Gasteiger partial charge in [0.15, 0.2) is 11.2 Å². The molecule has 0 aliphatic carbocycles. The van der Waals surface area contributed by atoms with E-state index in [0.717, 1.165) is 11.1 Å². The van der Waals surface area contributed by atoms with Gasteiger partial charge in [0, 0.05) is 25.2 Å². The minimum atomic E-state index is -0.456. The number of aryl methyl sites for hydroxylation is 1. The van der Waals surface area contributed by atoms with Crippen molar-refractivity contribution in [2.75, 3.05) is 0 Å². The molecule has 2 aromatic heterocycles. The van der Waals surface area contributed by atoms with Crippen molar-refractivity contribution >= 4 is 16.9 Å². The van der Waals surface area contributed by atoms with Gasteiger partial charge in [0.05, 0.1) is 16.9 Å². The Morgan fingerprint density at radius 2 is 1.75 bits per heavy atom. The van der Waals surface area contributed by atoms with Crippen LogP contribution in [-0.2, 0) is 13.1 Å². The van der Waals surface area contributed by atoms with Crippen molar-refractivity contribution in [3.8, 4) is 5.69 Å². The summed E-state index contributed by atoms with van der Waals surface area (Å²) in [4.78, 5) is 41.6. The lowest BCUT2D eigenvalue weighted by Crippen LogP contribution is -2.41. The third-order valence-electron chi connectivity index (χ3n) is 5.30. The molecule has 0 atom stereocenters. The Bertz CT molecular complexity index is 1430. The van der Waals surface area contributed by atoms with Crippen molar-refractivity contribution in [1.82, 2.24) is 18.7 Å². The highest BCUT2D eigenvalue weighted by Crippen LogP contribution is 2.18. The van der Waals surface area contributed by atoms with Crippen molar-refractivity contribution < 1.29 is 4.92 Å². The van der Waals surface area contributed by atoms with E-state index in [-0.39, 0.29) is 30.3 Å². The molecule has 9 heteroatoms. The van der Waals surface area contributed by atoms with E-state index in [1.165, 1.54) is 27.6 Å². The third kappa shape index (κ3) is 3.73. The Kier molecular flexibility index (Phi) is 5.48. The molecule has 9 nitrogen and oxygen atoms in total. The van der Waals surface area contributed by atoms with E-state index in [9.17, 15) is 19.7 Å². The summed E-state index contributed by atoms with van der Waals surface area (Å²) in [6.07, 6.45) is 1.53. The highest BCUT2D eigenvalue weighted by atomic mass is 16.6. The van der Waals surface area contributed by atoms with E-state index < -0.39 is 16.2 Å². The third-order valence-corrected chi connectivity index (χ3v) is 5.30. The smallest absolute Gasteiger partial charge is 0.320 e. The molecule has 0 spiro atoms. The molecule has 2 heterocycles. The molecule has 4 rings (SSSR count). The first-order valence-electron chi connectivity index (χ1n) is 10.3. The van der Waals surface area contributed by atoms with Crippen molar-refractivity contribution in [2.45, 2.75) is 33.9 Å². The van der Waals surface area contributed by atoms with Gasteiger partial charge in [-0.1, -0.05) is 44.2 Å². The lowest BCUT2D eigenvalue weighted by atomic mass is 10.2. The summed E-state index contributed by atoms with van der Waals surface area (Å²) >= 11 is 0. The number of aromatic nitrogens is 4. The van der Waals surface area contributed by atoms with Crippen LogP contribution in [0.1, 0.15) is 25.0 Å². The Morgan fingerprint density at radius 3 is 2.38 bits per heavy atom. The van der Waals surface area contributed by atoms with Crippen LogP contribution in [0.25, 0.3) is 16.9 Å². The van der Waals surface area contributed by atoms with E-state index in [4.69, 9.17) is 0 Å². The maximum Gasteiger partial charge on any atom is 0.337 e. The summed E-state index contributed by atoms with van der Waals surface area (Å²) in [6.45, 7) is 6.36. The Morgan fingerprint density at radius 1 is 1.06 bits per heavy atom. The number of para-hydroxylation sites is 1. The average Bonchev–Trinajstić information content (AvgIpc) is 3.16. The first kappa shape index (κ1) is 21.2. The molecular formula is C23H23N5O4. The van der Waals surface area contributed by atoms with E-state index in [0.29, 0.717) is 11.2 Å². The van der Waals surface area contributed by atoms with E-state index >= 15 is 0 Å². The normalized spacial score (nSPS) is 11.4. The van der Waals surface area contributed by atoms with Gasteiger partial charge in [0.25, 0.3) is 11.2 Å². The van der Waals surface area contributed by atoms with Gasteiger partial charge in [-0.15, -0.1) is 0 Å². The topological polar surface area (TPSA) is 105 Å². The van der Waals surface area contributed by atoms with Crippen LogP contribution >= 0.6 is 0 Å². The molecule has 0 saturated carbocycles. The van der Waals surface area contributed by atoms with E-state index in [1.54, 1.807) is 16.7 Å². The van der Waals surface area contributed by atoms with E-state index in [2.05, 4.69) is 4.98 Å². The average molecular weight is 433 g/mol. The summed E-state index contributed by atoms with van der Waals surface area (Å²) in [5.41, 5.74) is 2.10. The Hall–Kier alpha value is -4.01. The second-order valence-electron chi connectivity index (χ2n) is 8.18. The zero-order valence-corrected chi connectivity index (χ0v) is 18.1. The number of hydrogen-bond acceptors (Lipinski definition) is 5. The number of nitro benzene ring substituents is 1. The van der Waals surface area contributed by atoms with Crippen LogP contribution in [0, 0.1) is 23.0 Å². The number of imidazole rings is 1. The summed E-state index contributed by atoms with van der Waals surface area (Å²) in [5.74, 6) is 0.0919. The van der Waals surface area contributed by atoms with Crippen LogP contribution < -0.4 is 11.2 Å². The number of hydrogen-bond donors (Lipinski definition) is 0. The second kappa shape index (κ2) is 8.26. The zero-order valence-electron chi connectivity index (χ0n) is 18.1. The van der Waals surface area contributed by atoms with Gasteiger partial charge in [-0.2, -0.15) is 0 Å². The maximum atomic E-state index is 13.4. The molecule has 0 N–H and O–H groups in total. The summed E-state index contributed by atoms with van der Waals surface area (Å²) in [6, 6.07) is 13.6. The summed E-state index contributed by atoms with van der Waals surface area (Å²) < 4.78 is 4.43. The summed E-state index contributed by atoms with van der Waals surface area (Å²) in [5, 5.41) is 10.9. The van der Waals surface area contributed by atoms with Crippen LogP contribution in [0.15, 0.2) is 64.4 Å². The molecule has 0 aliphatic rings. The van der Waals surface area contributed by atoms with Gasteiger partial charge in [-0.05, 0) is 30.0 Å². The first-order chi connectivity index (χ1) is 15.3. The standard InChI is InChI=1S/C23H23N5O4/c1-15(2)12-26-22(29)20-21(27(23(26)30)19-7-5-4-6-16(19)3)24-14-25(20)13-17-8-10-18(11-9-17)28(31)32/h4-11,14-15H,12-13H2,1-3H3. The number of nitrogens with zero attached hydrogens (tertiary/aromatic N) is 5. The van der Waals surface area contributed by atoms with Crippen molar-refractivity contribution in [1.29, 1.82) is 0 Å². The number of rotatable bonds is 6. The fourth-order valence-electron chi connectivity index (χ4n) is 3.78. The SMILES string of the molecule is Cc1ccccc1-n1c(=O)n(CC(C)C)c(=O)c2c1ncn2Cc1ccc([N+](=O)[O-])cc1. The molecule has 0 bridgehead atoms. The van der Waals surface area contributed by atoms with Crippen LogP contribution in [0.5, 0.6) is 0 Å². The lowest BCUT2D eigenvalue weighted by molar-refractivity contribution is -0.384. The highest BCUT2D eigenvalue weighted by molar-refractivity contribution is 5.73. The molecule has 164 valence electrons. The van der Waals surface area contributed by atoms with Crippen LogP contribution in [-0.4, -0.2) is 23.6 Å². The van der Waals surface area contributed by atoms with Crippen LogP contribution in [0.2, 0.25) is 0 Å². The second-order valence-corrected chi connectivity index (χ2v) is 8.18. The number of fused-ring (bicyclic) bond motifs is 1. The highest BCUT2D eigenvalue weighted by Gasteiger charge is 2.20. The number of benzene rings is 2. The molecule has 0 aliphatic heterocycles. The predicted octanol–water partition coefficient (Wildman–Crippen LogP) is 3.27. The molecule has 0 radical (unpaired) electrons. The Balaban J connectivity index is 1.94. The molecular weight excluding hydrogens is 410 g/mol. The van der Waals surface area contributed by atoms with Crippen molar-refractivity contribution in [3.05, 3.63) is 96.9 Å². The summed E-state index contributed by atoms with van der Waals surface area (Å²) in [7, 11) is 0. The zero-order chi connectivity index (χ0) is 23.0. The predicted molar refractivity (Wildman–Crippen MR) is 121 cm³/mol. The molecule has 0 amide bonds. The number of nitro groups is 1. The molecule has 2 aromatic carbocycles. The van der Waals surface area contributed by atoms with Crippen LogP contribution in [0.4, 0.5) is 5.69 Å². The van der Waals surface area contributed by atoms with Gasteiger partial charge in [-0.3, -0.25) is 19.5 Å². The fourth-order valence-corrected chi connectivity index (χ4v) is 3.78. The molecule has 32 heavy (non-hydrogen) atoms. The Labute approximate surface area is 183 Å². The molecule has 4 aromatic rings. The van der Waals surface area contributed by atoms with Gasteiger partial charge in [-0.25, -0.2) is 14.3 Å². The minimum Gasteiger partial charge on any atom is -0.320 e. The van der Waals surface area contributed by atoms with Crippen molar-refractivity contribution in [2.24, 2.45) is 5.92 Å². The maximum absolute atomic E-state index is 13.4. The molecule has 0 fully saturated rings. The quantitative estimate of drug-likeness (QED) is 0.343. The van der Waals surface area contributed by atoms with Gasteiger partial charge < -0.3 is 4.57 Å². The number of non-ortho nitro benzene ring substituents is 1. The van der Waals surface area contributed by atoms with Gasteiger partial charge >= 0.3 is 5.69 Å².